The lowest BCUT2D eigenvalue weighted by atomic mass is 9.97. The number of aryl methyl sites for hydroxylation is 1. The van der Waals surface area contributed by atoms with Crippen molar-refractivity contribution in [2.24, 2.45) is 5.92 Å². The molecule has 1 saturated heterocycles. The minimum absolute atomic E-state index is 0.00110. The van der Waals surface area contributed by atoms with Gasteiger partial charge in [0.15, 0.2) is 0 Å². The second-order valence-electron chi connectivity index (χ2n) is 7.81. The number of amides is 2. The van der Waals surface area contributed by atoms with Gasteiger partial charge < -0.3 is 10.6 Å². The van der Waals surface area contributed by atoms with Gasteiger partial charge in [0.2, 0.25) is 11.8 Å². The molecule has 0 unspecified atom stereocenters. The molecule has 0 radical (unpaired) electrons. The molecule has 2 N–H and O–H groups in total. The van der Waals surface area contributed by atoms with Gasteiger partial charge in [0, 0.05) is 12.2 Å². The van der Waals surface area contributed by atoms with Gasteiger partial charge >= 0.3 is 0 Å². The second kappa shape index (κ2) is 10.2. The number of nitrogens with one attached hydrogen (secondary N) is 2. The standard InChI is InChI=1S/C24H31N3O2/c1-3-19-11-13-20(14-12-19)18(2)25-23(28)17-27-15-7-8-21(16-27)24(29)26-22-9-5-4-6-10-22/h4-6,9-14,18,21H,3,7-8,15-17H2,1-2H3,(H,25,28)(H,26,29)/t18-,21+/m0/s1. The molecule has 1 heterocycles. The van der Waals surface area contributed by atoms with Crippen LogP contribution >= 0.6 is 0 Å². The van der Waals surface area contributed by atoms with Crippen molar-refractivity contribution in [2.45, 2.75) is 39.2 Å². The summed E-state index contributed by atoms with van der Waals surface area (Å²) in [5.74, 6) is -0.0531. The van der Waals surface area contributed by atoms with E-state index < -0.39 is 0 Å². The minimum Gasteiger partial charge on any atom is -0.348 e. The number of carbonyl (C=O) groups excluding carboxylic acids is 2. The molecule has 0 aliphatic carbocycles. The number of para-hydroxylation sites is 1. The van der Waals surface area contributed by atoms with E-state index in [9.17, 15) is 9.59 Å². The maximum absolute atomic E-state index is 12.6. The van der Waals surface area contributed by atoms with Gasteiger partial charge in [-0.15, -0.1) is 0 Å². The predicted molar refractivity (Wildman–Crippen MR) is 117 cm³/mol. The molecule has 2 aromatic carbocycles. The molecule has 2 amide bonds. The van der Waals surface area contributed by atoms with Gasteiger partial charge in [-0.1, -0.05) is 49.4 Å². The van der Waals surface area contributed by atoms with Crippen molar-refractivity contribution in [3.8, 4) is 0 Å². The first-order valence-corrected chi connectivity index (χ1v) is 10.5. The Hall–Kier alpha value is -2.66. The third-order valence-electron chi connectivity index (χ3n) is 5.55. The Morgan fingerprint density at radius 3 is 2.52 bits per heavy atom. The van der Waals surface area contributed by atoms with E-state index in [2.05, 4.69) is 46.7 Å². The Labute approximate surface area is 173 Å². The van der Waals surface area contributed by atoms with Crippen molar-refractivity contribution >= 4 is 17.5 Å². The molecular weight excluding hydrogens is 362 g/mol. The summed E-state index contributed by atoms with van der Waals surface area (Å²) in [6, 6.07) is 17.9. The van der Waals surface area contributed by atoms with Crippen molar-refractivity contribution < 1.29 is 9.59 Å². The highest BCUT2D eigenvalue weighted by Gasteiger charge is 2.27. The Balaban J connectivity index is 1.48. The summed E-state index contributed by atoms with van der Waals surface area (Å²) in [6.07, 6.45) is 2.79. The summed E-state index contributed by atoms with van der Waals surface area (Å²) in [5.41, 5.74) is 3.21. The maximum atomic E-state index is 12.6. The van der Waals surface area contributed by atoms with Gasteiger partial charge in [-0.25, -0.2) is 0 Å². The van der Waals surface area contributed by atoms with E-state index in [0.29, 0.717) is 13.1 Å². The number of anilines is 1. The highest BCUT2D eigenvalue weighted by atomic mass is 16.2. The van der Waals surface area contributed by atoms with Crippen LogP contribution < -0.4 is 10.6 Å². The molecule has 0 aromatic heterocycles. The SMILES string of the molecule is CCc1ccc([C@H](C)NC(=O)CN2CCC[C@@H](C(=O)Nc3ccccc3)C2)cc1. The van der Waals surface area contributed by atoms with Crippen LogP contribution in [0, 0.1) is 5.92 Å². The molecule has 154 valence electrons. The van der Waals surface area contributed by atoms with Crippen LogP contribution in [-0.4, -0.2) is 36.3 Å². The Bertz CT molecular complexity index is 805. The average molecular weight is 394 g/mol. The summed E-state index contributed by atoms with van der Waals surface area (Å²) >= 11 is 0. The number of hydrogen-bond acceptors (Lipinski definition) is 3. The molecule has 0 spiro atoms. The van der Waals surface area contributed by atoms with Crippen LogP contribution in [-0.2, 0) is 16.0 Å². The summed E-state index contributed by atoms with van der Waals surface area (Å²) in [7, 11) is 0. The fourth-order valence-electron chi connectivity index (χ4n) is 3.79. The van der Waals surface area contributed by atoms with Gasteiger partial charge in [-0.05, 0) is 56.0 Å². The fraction of sp³-hybridized carbons (Fsp3) is 0.417. The Morgan fingerprint density at radius 1 is 1.10 bits per heavy atom. The third kappa shape index (κ3) is 6.16. The Kier molecular flexibility index (Phi) is 7.42. The zero-order valence-electron chi connectivity index (χ0n) is 17.4. The molecule has 3 rings (SSSR count). The number of benzene rings is 2. The second-order valence-corrected chi connectivity index (χ2v) is 7.81. The van der Waals surface area contributed by atoms with Crippen LogP contribution in [0.5, 0.6) is 0 Å². The van der Waals surface area contributed by atoms with Gasteiger partial charge in [-0.3, -0.25) is 14.5 Å². The van der Waals surface area contributed by atoms with Crippen molar-refractivity contribution in [3.63, 3.8) is 0 Å². The van der Waals surface area contributed by atoms with E-state index in [1.807, 2.05) is 37.3 Å². The van der Waals surface area contributed by atoms with E-state index in [4.69, 9.17) is 0 Å². The molecule has 5 heteroatoms. The first kappa shape index (κ1) is 21.1. The van der Waals surface area contributed by atoms with Crippen molar-refractivity contribution in [1.82, 2.24) is 10.2 Å². The lowest BCUT2D eigenvalue weighted by molar-refractivity contribution is -0.126. The summed E-state index contributed by atoms with van der Waals surface area (Å²) in [4.78, 5) is 27.2. The van der Waals surface area contributed by atoms with Crippen LogP contribution in [0.1, 0.15) is 43.9 Å². The number of nitrogens with zero attached hydrogens (tertiary/aromatic N) is 1. The molecule has 0 bridgehead atoms. The van der Waals surface area contributed by atoms with Crippen LogP contribution in [0.25, 0.3) is 0 Å². The monoisotopic (exact) mass is 393 g/mol. The van der Waals surface area contributed by atoms with Gasteiger partial charge in [0.1, 0.15) is 0 Å². The molecule has 1 fully saturated rings. The summed E-state index contributed by atoms with van der Waals surface area (Å²) < 4.78 is 0. The quantitative estimate of drug-likeness (QED) is 0.753. The molecule has 2 atom stereocenters. The predicted octanol–water partition coefficient (Wildman–Crippen LogP) is 3.78. The molecule has 0 saturated carbocycles. The number of piperidine rings is 1. The largest absolute Gasteiger partial charge is 0.348 e. The molecule has 29 heavy (non-hydrogen) atoms. The van der Waals surface area contributed by atoms with Crippen molar-refractivity contribution in [3.05, 3.63) is 65.7 Å². The number of rotatable bonds is 7. The molecule has 2 aromatic rings. The van der Waals surface area contributed by atoms with E-state index in [0.717, 1.165) is 37.1 Å². The zero-order valence-corrected chi connectivity index (χ0v) is 17.4. The number of likely N-dealkylation sites (tertiary alicyclic amines) is 1. The first-order valence-electron chi connectivity index (χ1n) is 10.5. The third-order valence-corrected chi connectivity index (χ3v) is 5.55. The van der Waals surface area contributed by atoms with E-state index in [1.54, 1.807) is 0 Å². The van der Waals surface area contributed by atoms with Crippen LogP contribution in [0.2, 0.25) is 0 Å². The van der Waals surface area contributed by atoms with Crippen LogP contribution in [0.4, 0.5) is 5.69 Å². The van der Waals surface area contributed by atoms with Gasteiger partial charge in [-0.2, -0.15) is 0 Å². The Morgan fingerprint density at radius 2 is 1.83 bits per heavy atom. The van der Waals surface area contributed by atoms with Crippen LogP contribution in [0.3, 0.4) is 0 Å². The normalized spacial score (nSPS) is 18.1. The van der Waals surface area contributed by atoms with Crippen molar-refractivity contribution in [1.29, 1.82) is 0 Å². The summed E-state index contributed by atoms with van der Waals surface area (Å²) in [6.45, 7) is 5.93. The fourth-order valence-corrected chi connectivity index (χ4v) is 3.79. The molecule has 1 aliphatic rings. The number of carbonyl (C=O) groups is 2. The maximum Gasteiger partial charge on any atom is 0.234 e. The molecular formula is C24H31N3O2. The highest BCUT2D eigenvalue weighted by Crippen LogP contribution is 2.19. The molecule has 5 nitrogen and oxygen atoms in total. The van der Waals surface area contributed by atoms with Gasteiger partial charge in [0.25, 0.3) is 0 Å². The summed E-state index contributed by atoms with van der Waals surface area (Å²) in [5, 5.41) is 6.07. The molecule has 1 aliphatic heterocycles. The zero-order chi connectivity index (χ0) is 20.6. The van der Waals surface area contributed by atoms with E-state index in [1.165, 1.54) is 5.56 Å². The van der Waals surface area contributed by atoms with E-state index >= 15 is 0 Å². The first-order chi connectivity index (χ1) is 14.0. The van der Waals surface area contributed by atoms with Gasteiger partial charge in [0.05, 0.1) is 18.5 Å². The lowest BCUT2D eigenvalue weighted by Gasteiger charge is -2.31. The topological polar surface area (TPSA) is 61.4 Å². The average Bonchev–Trinajstić information content (AvgIpc) is 2.74. The van der Waals surface area contributed by atoms with E-state index in [-0.39, 0.29) is 23.8 Å². The number of hydrogen-bond donors (Lipinski definition) is 2. The smallest absolute Gasteiger partial charge is 0.234 e. The minimum atomic E-state index is -0.0873. The lowest BCUT2D eigenvalue weighted by Crippen LogP contribution is -2.45. The van der Waals surface area contributed by atoms with Crippen LogP contribution in [0.15, 0.2) is 54.6 Å². The highest BCUT2D eigenvalue weighted by molar-refractivity contribution is 5.92. The van der Waals surface area contributed by atoms with Crippen molar-refractivity contribution in [2.75, 3.05) is 25.0 Å².